The fraction of sp³-hybridized carbons (Fsp3) is 0.357. The molecule has 21 heavy (non-hydrogen) atoms. The Morgan fingerprint density at radius 2 is 2.00 bits per heavy atom. The fourth-order valence-corrected chi connectivity index (χ4v) is 3.46. The molecule has 114 valence electrons. The van der Waals surface area contributed by atoms with Gasteiger partial charge in [0, 0.05) is 17.8 Å². The zero-order valence-corrected chi connectivity index (χ0v) is 13.2. The number of hydrogen-bond acceptors (Lipinski definition) is 4. The molecule has 3 N–H and O–H groups in total. The molecule has 1 heterocycles. The molecule has 0 spiro atoms. The molecule has 0 aliphatic heterocycles. The Morgan fingerprint density at radius 1 is 1.29 bits per heavy atom. The number of hydrogen-bond donors (Lipinski definition) is 3. The van der Waals surface area contributed by atoms with Crippen LogP contribution in [-0.4, -0.2) is 25.7 Å². The van der Waals surface area contributed by atoms with Crippen molar-refractivity contribution in [1.82, 2.24) is 15.5 Å². The number of para-hydroxylation sites is 1. The zero-order valence-electron chi connectivity index (χ0n) is 12.4. The first-order valence-electron chi connectivity index (χ1n) is 6.78. The number of sulfonamides is 1. The van der Waals surface area contributed by atoms with Gasteiger partial charge in [-0.2, -0.15) is 13.5 Å². The highest BCUT2D eigenvalue weighted by Gasteiger charge is 2.24. The molecule has 0 aliphatic carbocycles. The van der Waals surface area contributed by atoms with Crippen molar-refractivity contribution in [3.8, 4) is 0 Å². The molecule has 2 aromatic rings. The highest BCUT2D eigenvalue weighted by molar-refractivity contribution is 7.92. The molecule has 1 aromatic heterocycles. The number of H-pyrrole nitrogens is 1. The molecule has 0 bridgehead atoms. The molecule has 0 saturated carbocycles. The third-order valence-electron chi connectivity index (χ3n) is 3.29. The van der Waals surface area contributed by atoms with Gasteiger partial charge in [-0.15, -0.1) is 0 Å². The lowest BCUT2D eigenvalue weighted by Crippen LogP contribution is -2.18. The second kappa shape index (κ2) is 6.28. The average molecular weight is 308 g/mol. The van der Waals surface area contributed by atoms with Crippen LogP contribution >= 0.6 is 0 Å². The molecule has 0 unspecified atom stereocenters. The van der Waals surface area contributed by atoms with Gasteiger partial charge in [-0.25, -0.2) is 0 Å². The first-order chi connectivity index (χ1) is 9.99. The first-order valence-corrected chi connectivity index (χ1v) is 8.27. The SMILES string of the molecule is CCc1ccccc1NS(=O)(=O)c1n[nH]c(C)c1CNC. The molecular formula is C14H20N4O2S. The van der Waals surface area contributed by atoms with E-state index in [1.165, 1.54) is 0 Å². The Labute approximate surface area is 125 Å². The lowest BCUT2D eigenvalue weighted by Gasteiger charge is -2.11. The van der Waals surface area contributed by atoms with Gasteiger partial charge in [0.1, 0.15) is 0 Å². The van der Waals surface area contributed by atoms with Gasteiger partial charge in [0.25, 0.3) is 10.0 Å². The van der Waals surface area contributed by atoms with Crippen LogP contribution in [0.4, 0.5) is 5.69 Å². The summed E-state index contributed by atoms with van der Waals surface area (Å²) in [5.41, 5.74) is 2.94. The second-order valence-corrected chi connectivity index (χ2v) is 6.38. The maximum atomic E-state index is 12.6. The summed E-state index contributed by atoms with van der Waals surface area (Å²) in [5.74, 6) is 0. The quantitative estimate of drug-likeness (QED) is 0.759. The van der Waals surface area contributed by atoms with Gasteiger partial charge in [0.2, 0.25) is 5.03 Å². The van der Waals surface area contributed by atoms with Crippen LogP contribution in [0, 0.1) is 6.92 Å². The summed E-state index contributed by atoms with van der Waals surface area (Å²) in [7, 11) is -1.94. The summed E-state index contributed by atoms with van der Waals surface area (Å²) >= 11 is 0. The van der Waals surface area contributed by atoms with E-state index in [1.807, 2.05) is 19.1 Å². The van der Waals surface area contributed by atoms with E-state index >= 15 is 0 Å². The number of aromatic amines is 1. The summed E-state index contributed by atoms with van der Waals surface area (Å²) in [4.78, 5) is 0. The molecule has 0 saturated heterocycles. The van der Waals surface area contributed by atoms with E-state index in [0.717, 1.165) is 17.7 Å². The highest BCUT2D eigenvalue weighted by Crippen LogP contribution is 2.22. The molecule has 0 aliphatic rings. The van der Waals surface area contributed by atoms with Crippen LogP contribution in [0.5, 0.6) is 0 Å². The van der Waals surface area contributed by atoms with Crippen molar-refractivity contribution in [2.75, 3.05) is 11.8 Å². The van der Waals surface area contributed by atoms with Gasteiger partial charge >= 0.3 is 0 Å². The lowest BCUT2D eigenvalue weighted by atomic mass is 10.1. The maximum absolute atomic E-state index is 12.6. The Bertz CT molecular complexity index is 722. The minimum Gasteiger partial charge on any atom is -0.316 e. The van der Waals surface area contributed by atoms with Crippen LogP contribution in [0.25, 0.3) is 0 Å². The molecule has 0 amide bonds. The zero-order chi connectivity index (χ0) is 15.5. The van der Waals surface area contributed by atoms with Gasteiger partial charge in [-0.1, -0.05) is 25.1 Å². The van der Waals surface area contributed by atoms with Crippen LogP contribution in [-0.2, 0) is 23.0 Å². The van der Waals surface area contributed by atoms with Crippen LogP contribution < -0.4 is 10.0 Å². The average Bonchev–Trinajstić information content (AvgIpc) is 2.82. The largest absolute Gasteiger partial charge is 0.316 e. The van der Waals surface area contributed by atoms with Crippen molar-refractivity contribution in [2.24, 2.45) is 0 Å². The summed E-state index contributed by atoms with van der Waals surface area (Å²) in [6, 6.07) is 7.36. The van der Waals surface area contributed by atoms with Crippen LogP contribution in [0.1, 0.15) is 23.7 Å². The molecule has 0 fully saturated rings. The fourth-order valence-electron chi connectivity index (χ4n) is 2.16. The third kappa shape index (κ3) is 3.25. The number of nitrogens with one attached hydrogen (secondary N) is 3. The molecule has 7 heteroatoms. The Hall–Kier alpha value is -1.86. The monoisotopic (exact) mass is 308 g/mol. The molecule has 0 radical (unpaired) electrons. The smallest absolute Gasteiger partial charge is 0.281 e. The van der Waals surface area contributed by atoms with Gasteiger partial charge < -0.3 is 5.32 Å². The van der Waals surface area contributed by atoms with Crippen molar-refractivity contribution in [3.05, 3.63) is 41.1 Å². The normalized spacial score (nSPS) is 11.6. The van der Waals surface area contributed by atoms with Gasteiger partial charge in [-0.05, 0) is 32.0 Å². The molecule has 6 nitrogen and oxygen atoms in total. The predicted octanol–water partition coefficient (Wildman–Crippen LogP) is 1.80. The maximum Gasteiger partial charge on any atom is 0.281 e. The summed E-state index contributed by atoms with van der Waals surface area (Å²) in [6.07, 6.45) is 0.752. The lowest BCUT2D eigenvalue weighted by molar-refractivity contribution is 0.595. The number of rotatable bonds is 6. The number of anilines is 1. The second-order valence-electron chi connectivity index (χ2n) is 4.78. The molecule has 2 rings (SSSR count). The number of aryl methyl sites for hydroxylation is 2. The number of nitrogens with zero attached hydrogens (tertiary/aromatic N) is 1. The van der Waals surface area contributed by atoms with Crippen molar-refractivity contribution < 1.29 is 8.42 Å². The van der Waals surface area contributed by atoms with Crippen molar-refractivity contribution in [3.63, 3.8) is 0 Å². The van der Waals surface area contributed by atoms with E-state index in [1.54, 1.807) is 26.1 Å². The summed E-state index contributed by atoms with van der Waals surface area (Å²) < 4.78 is 27.7. The standard InChI is InChI=1S/C14H20N4O2S/c1-4-11-7-5-6-8-13(11)18-21(19,20)14-12(9-15-3)10(2)16-17-14/h5-8,15,18H,4,9H2,1-3H3,(H,16,17). The van der Waals surface area contributed by atoms with Gasteiger partial charge in [0.05, 0.1) is 5.69 Å². The topological polar surface area (TPSA) is 86.9 Å². The van der Waals surface area contributed by atoms with E-state index in [4.69, 9.17) is 0 Å². The van der Waals surface area contributed by atoms with E-state index in [2.05, 4.69) is 20.2 Å². The van der Waals surface area contributed by atoms with E-state index in [0.29, 0.717) is 17.8 Å². The van der Waals surface area contributed by atoms with Crippen molar-refractivity contribution in [1.29, 1.82) is 0 Å². The third-order valence-corrected chi connectivity index (χ3v) is 4.62. The highest BCUT2D eigenvalue weighted by atomic mass is 32.2. The number of benzene rings is 1. The van der Waals surface area contributed by atoms with E-state index < -0.39 is 10.0 Å². The number of aromatic nitrogens is 2. The van der Waals surface area contributed by atoms with Crippen molar-refractivity contribution >= 4 is 15.7 Å². The van der Waals surface area contributed by atoms with E-state index in [-0.39, 0.29) is 5.03 Å². The summed E-state index contributed by atoms with van der Waals surface area (Å²) in [6.45, 7) is 4.23. The minimum atomic E-state index is -3.71. The van der Waals surface area contributed by atoms with Crippen LogP contribution in [0.2, 0.25) is 0 Å². The van der Waals surface area contributed by atoms with Gasteiger partial charge in [-0.3, -0.25) is 9.82 Å². The molecule has 0 atom stereocenters. The first kappa shape index (κ1) is 15.5. The van der Waals surface area contributed by atoms with E-state index in [9.17, 15) is 8.42 Å². The predicted molar refractivity (Wildman–Crippen MR) is 82.7 cm³/mol. The van der Waals surface area contributed by atoms with Crippen LogP contribution in [0.15, 0.2) is 29.3 Å². The Balaban J connectivity index is 2.39. The molecular weight excluding hydrogens is 288 g/mol. The van der Waals surface area contributed by atoms with Gasteiger partial charge in [0.15, 0.2) is 0 Å². The summed E-state index contributed by atoms with van der Waals surface area (Å²) in [5, 5.41) is 9.68. The van der Waals surface area contributed by atoms with Crippen molar-refractivity contribution in [2.45, 2.75) is 31.8 Å². The molecule has 1 aromatic carbocycles. The minimum absolute atomic E-state index is 0.0419. The Kier molecular flexibility index (Phi) is 4.64. The van der Waals surface area contributed by atoms with Crippen LogP contribution in [0.3, 0.4) is 0 Å². The Morgan fingerprint density at radius 3 is 2.67 bits per heavy atom.